The fourth-order valence-corrected chi connectivity index (χ4v) is 3.34. The zero-order valence-corrected chi connectivity index (χ0v) is 16.0. The molecule has 0 bridgehead atoms. The summed E-state index contributed by atoms with van der Waals surface area (Å²) in [7, 11) is 0. The Balaban J connectivity index is 1.62. The van der Waals surface area contributed by atoms with Gasteiger partial charge in [-0.3, -0.25) is 4.79 Å². The number of nitrogen functional groups attached to an aromatic ring is 1. The van der Waals surface area contributed by atoms with Crippen molar-refractivity contribution in [2.24, 2.45) is 0 Å². The summed E-state index contributed by atoms with van der Waals surface area (Å²) in [6.07, 6.45) is 0. The second kappa shape index (κ2) is 8.41. The Morgan fingerprint density at radius 1 is 1.30 bits per heavy atom. The Bertz CT molecular complexity index is 964. The Labute approximate surface area is 164 Å². The van der Waals surface area contributed by atoms with Gasteiger partial charge in [0.1, 0.15) is 5.82 Å². The fourth-order valence-electron chi connectivity index (χ4n) is 2.47. The van der Waals surface area contributed by atoms with Gasteiger partial charge in [-0.05, 0) is 36.8 Å². The van der Waals surface area contributed by atoms with Crippen LogP contribution in [0.3, 0.4) is 0 Å². The molecule has 1 amide bonds. The summed E-state index contributed by atoms with van der Waals surface area (Å²) in [4.78, 5) is 12.2. The number of aromatic nitrogens is 3. The highest BCUT2D eigenvalue weighted by Gasteiger charge is 2.17. The molecule has 3 N–H and O–H groups in total. The second-order valence-electron chi connectivity index (χ2n) is 5.79. The third-order valence-corrected chi connectivity index (χ3v) is 5.02. The maximum absolute atomic E-state index is 13.9. The third-order valence-electron chi connectivity index (χ3n) is 3.84. The van der Waals surface area contributed by atoms with Gasteiger partial charge in [0.05, 0.1) is 17.4 Å². The molecular weight excluding hydrogens is 389 g/mol. The molecule has 3 rings (SSSR count). The van der Waals surface area contributed by atoms with Gasteiger partial charge in [0, 0.05) is 5.02 Å². The lowest BCUT2D eigenvalue weighted by atomic mass is 10.1. The van der Waals surface area contributed by atoms with Crippen molar-refractivity contribution in [3.8, 4) is 11.4 Å². The molecule has 3 aromatic rings. The second-order valence-corrected chi connectivity index (χ2v) is 7.17. The van der Waals surface area contributed by atoms with E-state index in [1.165, 1.54) is 10.7 Å². The van der Waals surface area contributed by atoms with Gasteiger partial charge in [-0.2, -0.15) is 0 Å². The zero-order chi connectivity index (χ0) is 19.4. The van der Waals surface area contributed by atoms with Crippen LogP contribution in [0.25, 0.3) is 11.4 Å². The van der Waals surface area contributed by atoms with E-state index in [4.69, 9.17) is 17.4 Å². The molecule has 0 aliphatic heterocycles. The van der Waals surface area contributed by atoms with Crippen LogP contribution in [0.2, 0.25) is 5.02 Å². The smallest absolute Gasteiger partial charge is 0.230 e. The minimum atomic E-state index is -0.443. The van der Waals surface area contributed by atoms with Gasteiger partial charge in [-0.15, -0.1) is 10.2 Å². The molecule has 0 unspecified atom stereocenters. The van der Waals surface area contributed by atoms with E-state index in [9.17, 15) is 9.18 Å². The minimum Gasteiger partial charge on any atom is -0.349 e. The van der Waals surface area contributed by atoms with Gasteiger partial charge in [0.2, 0.25) is 11.1 Å². The molecule has 1 aromatic heterocycles. The molecule has 140 valence electrons. The number of nitrogens with two attached hydrogens (primary N) is 1. The molecule has 0 saturated heterocycles. The van der Waals surface area contributed by atoms with E-state index in [2.05, 4.69) is 15.5 Å². The SMILES string of the molecule is C[C@H](NC(=O)CSc1nnc(-c2ccccc2F)n1N)c1cccc(Cl)c1. The number of thioether (sulfide) groups is 1. The maximum Gasteiger partial charge on any atom is 0.230 e. The third kappa shape index (κ3) is 4.58. The van der Waals surface area contributed by atoms with E-state index in [1.54, 1.807) is 30.3 Å². The van der Waals surface area contributed by atoms with Gasteiger partial charge in [-0.25, -0.2) is 9.07 Å². The van der Waals surface area contributed by atoms with E-state index in [0.717, 1.165) is 17.3 Å². The number of rotatable bonds is 6. The summed E-state index contributed by atoms with van der Waals surface area (Å²) in [5.41, 5.74) is 1.16. The number of carbonyl (C=O) groups excluding carboxylic acids is 1. The first-order chi connectivity index (χ1) is 13.0. The normalized spacial score (nSPS) is 12.0. The summed E-state index contributed by atoms with van der Waals surface area (Å²) >= 11 is 7.09. The lowest BCUT2D eigenvalue weighted by Crippen LogP contribution is -2.28. The Morgan fingerprint density at radius 3 is 2.81 bits per heavy atom. The average molecular weight is 406 g/mol. The topological polar surface area (TPSA) is 85.8 Å². The van der Waals surface area contributed by atoms with Gasteiger partial charge >= 0.3 is 0 Å². The average Bonchev–Trinajstić information content (AvgIpc) is 3.01. The lowest BCUT2D eigenvalue weighted by Gasteiger charge is -2.14. The molecule has 0 radical (unpaired) electrons. The number of halogens is 2. The Hall–Kier alpha value is -2.58. The van der Waals surface area contributed by atoms with Crippen LogP contribution >= 0.6 is 23.4 Å². The first-order valence-electron chi connectivity index (χ1n) is 8.08. The lowest BCUT2D eigenvalue weighted by molar-refractivity contribution is -0.119. The van der Waals surface area contributed by atoms with Gasteiger partial charge in [0.15, 0.2) is 5.82 Å². The van der Waals surface area contributed by atoms with E-state index < -0.39 is 5.82 Å². The van der Waals surface area contributed by atoms with E-state index >= 15 is 0 Å². The monoisotopic (exact) mass is 405 g/mol. The molecule has 1 heterocycles. The standard InChI is InChI=1S/C18H17ClFN5OS/c1-11(12-5-4-6-13(19)9-12)22-16(26)10-27-18-24-23-17(25(18)21)14-7-2-3-8-15(14)20/h2-9,11H,10,21H2,1H3,(H,22,26)/t11-/m0/s1. The molecule has 6 nitrogen and oxygen atoms in total. The molecule has 0 aliphatic rings. The summed E-state index contributed by atoms with van der Waals surface area (Å²) in [6.45, 7) is 1.87. The van der Waals surface area contributed by atoms with Crippen molar-refractivity contribution >= 4 is 29.3 Å². The largest absolute Gasteiger partial charge is 0.349 e. The highest BCUT2D eigenvalue weighted by molar-refractivity contribution is 7.99. The molecule has 0 aliphatic carbocycles. The Morgan fingerprint density at radius 2 is 2.07 bits per heavy atom. The van der Waals surface area contributed by atoms with Gasteiger partial charge in [0.25, 0.3) is 0 Å². The van der Waals surface area contributed by atoms with Crippen molar-refractivity contribution < 1.29 is 9.18 Å². The molecule has 0 saturated carbocycles. The zero-order valence-electron chi connectivity index (χ0n) is 14.4. The summed E-state index contributed by atoms with van der Waals surface area (Å²) in [6, 6.07) is 13.3. The predicted octanol–water partition coefficient (Wildman–Crippen LogP) is 3.42. The number of carbonyl (C=O) groups is 1. The number of nitrogens with one attached hydrogen (secondary N) is 1. The molecule has 1 atom stereocenters. The highest BCUT2D eigenvalue weighted by Crippen LogP contribution is 2.24. The number of benzene rings is 2. The van der Waals surface area contributed by atoms with E-state index in [1.807, 2.05) is 19.1 Å². The van der Waals surface area contributed by atoms with Crippen molar-refractivity contribution in [1.29, 1.82) is 0 Å². The van der Waals surface area contributed by atoms with Crippen LogP contribution in [0.5, 0.6) is 0 Å². The molecule has 27 heavy (non-hydrogen) atoms. The molecule has 0 fully saturated rings. The van der Waals surface area contributed by atoms with Crippen molar-refractivity contribution in [3.05, 3.63) is 64.9 Å². The minimum absolute atomic E-state index is 0.0948. The number of hydrogen-bond acceptors (Lipinski definition) is 5. The molecule has 9 heteroatoms. The highest BCUT2D eigenvalue weighted by atomic mass is 35.5. The maximum atomic E-state index is 13.9. The Kier molecular flexibility index (Phi) is 5.98. The summed E-state index contributed by atoms with van der Waals surface area (Å²) in [5, 5.41) is 11.7. The predicted molar refractivity (Wildman–Crippen MR) is 104 cm³/mol. The van der Waals surface area contributed by atoms with Crippen LogP contribution in [-0.4, -0.2) is 26.5 Å². The summed E-state index contributed by atoms with van der Waals surface area (Å²) in [5.74, 6) is 5.61. The van der Waals surface area contributed by atoms with Crippen molar-refractivity contribution in [1.82, 2.24) is 20.2 Å². The van der Waals surface area contributed by atoms with Crippen molar-refractivity contribution in [2.45, 2.75) is 18.1 Å². The van der Waals surface area contributed by atoms with Crippen LogP contribution in [0.4, 0.5) is 4.39 Å². The molecule has 2 aromatic carbocycles. The number of nitrogens with zero attached hydrogens (tertiary/aromatic N) is 3. The fraction of sp³-hybridized carbons (Fsp3) is 0.167. The van der Waals surface area contributed by atoms with E-state index in [-0.39, 0.29) is 29.1 Å². The first-order valence-corrected chi connectivity index (χ1v) is 9.45. The van der Waals surface area contributed by atoms with Crippen molar-refractivity contribution in [3.63, 3.8) is 0 Å². The number of hydrogen-bond donors (Lipinski definition) is 2. The van der Waals surface area contributed by atoms with E-state index in [0.29, 0.717) is 10.2 Å². The first kappa shape index (κ1) is 19.2. The van der Waals surface area contributed by atoms with Crippen LogP contribution in [0.1, 0.15) is 18.5 Å². The van der Waals surface area contributed by atoms with Gasteiger partial charge < -0.3 is 11.2 Å². The summed E-state index contributed by atoms with van der Waals surface area (Å²) < 4.78 is 15.1. The van der Waals surface area contributed by atoms with Gasteiger partial charge in [-0.1, -0.05) is 47.6 Å². The molecule has 0 spiro atoms. The van der Waals surface area contributed by atoms with Crippen LogP contribution in [0, 0.1) is 5.82 Å². The van der Waals surface area contributed by atoms with Crippen LogP contribution in [-0.2, 0) is 4.79 Å². The van der Waals surface area contributed by atoms with Crippen LogP contribution in [0.15, 0.2) is 53.7 Å². The van der Waals surface area contributed by atoms with Crippen LogP contribution < -0.4 is 11.2 Å². The molecular formula is C18H17ClFN5OS. The quantitative estimate of drug-likeness (QED) is 0.484. The number of amides is 1. The van der Waals surface area contributed by atoms with Crippen molar-refractivity contribution in [2.75, 3.05) is 11.6 Å².